The third kappa shape index (κ3) is 4.51. The highest BCUT2D eigenvalue weighted by Gasteiger charge is 2.39. The van der Waals surface area contributed by atoms with E-state index in [0.717, 1.165) is 42.7 Å². The van der Waals surface area contributed by atoms with Gasteiger partial charge in [-0.3, -0.25) is 0 Å². The molecule has 2 atom stereocenters. The van der Waals surface area contributed by atoms with Crippen molar-refractivity contribution < 1.29 is 22.4 Å². The van der Waals surface area contributed by atoms with Gasteiger partial charge in [-0.15, -0.1) is 0 Å². The van der Waals surface area contributed by atoms with Gasteiger partial charge in [0.2, 0.25) is 10.0 Å². The Labute approximate surface area is 159 Å². The summed E-state index contributed by atoms with van der Waals surface area (Å²) < 4.78 is 44.0. The Hall–Kier alpha value is -1.90. The quantitative estimate of drug-likeness (QED) is 0.779. The smallest absolute Gasteiger partial charge is 0.214 e. The molecule has 0 amide bonds. The zero-order valence-electron chi connectivity index (χ0n) is 15.3. The second-order valence-corrected chi connectivity index (χ2v) is 9.17. The molecule has 1 aromatic heterocycles. The van der Waals surface area contributed by atoms with Gasteiger partial charge in [0.15, 0.2) is 0 Å². The van der Waals surface area contributed by atoms with Crippen molar-refractivity contribution in [2.24, 2.45) is 0 Å². The maximum absolute atomic E-state index is 12.2. The second kappa shape index (κ2) is 7.61. The average Bonchev–Trinajstić information content (AvgIpc) is 3.44. The molecular formula is C19H24N2O5S. The van der Waals surface area contributed by atoms with Gasteiger partial charge in [-0.25, -0.2) is 13.1 Å². The molecule has 7 nitrogen and oxygen atoms in total. The summed E-state index contributed by atoms with van der Waals surface area (Å²) in [6.07, 6.45) is 2.83. The summed E-state index contributed by atoms with van der Waals surface area (Å²) in [5, 5.41) is 3.77. The van der Waals surface area contributed by atoms with Crippen LogP contribution in [0.5, 0.6) is 5.75 Å². The van der Waals surface area contributed by atoms with Gasteiger partial charge in [-0.05, 0) is 56.9 Å². The predicted molar refractivity (Wildman–Crippen MR) is 100 cm³/mol. The summed E-state index contributed by atoms with van der Waals surface area (Å²) in [6, 6.07) is 9.21. The molecule has 2 heterocycles. The lowest BCUT2D eigenvalue weighted by Gasteiger charge is -2.32. The van der Waals surface area contributed by atoms with Gasteiger partial charge in [-0.2, -0.15) is 0 Å². The molecule has 8 heteroatoms. The maximum atomic E-state index is 12.2. The van der Waals surface area contributed by atoms with E-state index in [9.17, 15) is 8.42 Å². The number of aromatic nitrogens is 1. The van der Waals surface area contributed by atoms with Crippen molar-refractivity contribution in [2.45, 2.75) is 50.0 Å². The van der Waals surface area contributed by atoms with Crippen LogP contribution >= 0.6 is 0 Å². The van der Waals surface area contributed by atoms with Crippen molar-refractivity contribution in [2.75, 3.05) is 13.2 Å². The van der Waals surface area contributed by atoms with Crippen LogP contribution in [0.15, 0.2) is 34.9 Å². The number of hydrogen-bond acceptors (Lipinski definition) is 6. The monoisotopic (exact) mass is 392 g/mol. The summed E-state index contributed by atoms with van der Waals surface area (Å²) in [6.45, 7) is 2.78. The Morgan fingerprint density at radius 1 is 1.22 bits per heavy atom. The molecule has 1 saturated carbocycles. The number of ether oxygens (including phenoxy) is 2. The molecule has 2 aromatic rings. The van der Waals surface area contributed by atoms with Gasteiger partial charge >= 0.3 is 0 Å². The van der Waals surface area contributed by atoms with E-state index in [0.29, 0.717) is 19.0 Å². The van der Waals surface area contributed by atoms with Crippen LogP contribution in [0.2, 0.25) is 0 Å². The van der Waals surface area contributed by atoms with Crippen LogP contribution in [-0.2, 0) is 14.8 Å². The lowest BCUT2D eigenvalue weighted by atomic mass is 10.0. The lowest BCUT2D eigenvalue weighted by Crippen LogP contribution is -2.50. The lowest BCUT2D eigenvalue weighted by molar-refractivity contribution is -0.0279. The Morgan fingerprint density at radius 3 is 2.67 bits per heavy atom. The molecule has 0 bridgehead atoms. The van der Waals surface area contributed by atoms with Gasteiger partial charge in [0.25, 0.3) is 0 Å². The van der Waals surface area contributed by atoms with Crippen LogP contribution in [0.25, 0.3) is 11.3 Å². The van der Waals surface area contributed by atoms with E-state index in [1.165, 1.54) is 0 Å². The number of nitrogens with zero attached hydrogens (tertiary/aromatic N) is 1. The van der Waals surface area contributed by atoms with E-state index in [2.05, 4.69) is 9.88 Å². The summed E-state index contributed by atoms with van der Waals surface area (Å²) >= 11 is 0. The molecule has 1 aliphatic heterocycles. The zero-order valence-corrected chi connectivity index (χ0v) is 16.1. The van der Waals surface area contributed by atoms with Crippen LogP contribution in [0.1, 0.15) is 31.4 Å². The fraction of sp³-hybridized carbons (Fsp3) is 0.526. The Kier molecular flexibility index (Phi) is 5.21. The fourth-order valence-electron chi connectivity index (χ4n) is 3.23. The molecule has 2 fully saturated rings. The van der Waals surface area contributed by atoms with Gasteiger partial charge in [0.1, 0.15) is 29.9 Å². The van der Waals surface area contributed by atoms with Crippen molar-refractivity contribution in [1.29, 1.82) is 0 Å². The number of hydrogen-bond donors (Lipinski definition) is 1. The number of aryl methyl sites for hydroxylation is 1. The van der Waals surface area contributed by atoms with Crippen molar-refractivity contribution in [3.63, 3.8) is 0 Å². The van der Waals surface area contributed by atoms with Crippen LogP contribution in [-0.4, -0.2) is 44.2 Å². The molecular weight excluding hydrogens is 368 g/mol. The number of nitrogens with one attached hydrogen (secondary N) is 1. The second-order valence-electron chi connectivity index (χ2n) is 7.18. The third-order valence-corrected chi connectivity index (χ3v) is 6.89. The van der Waals surface area contributed by atoms with Crippen molar-refractivity contribution in [3.05, 3.63) is 36.1 Å². The van der Waals surface area contributed by atoms with Gasteiger partial charge in [-0.1, -0.05) is 5.16 Å². The third-order valence-electron chi connectivity index (χ3n) is 4.91. The number of rotatable bonds is 7. The minimum Gasteiger partial charge on any atom is -0.491 e. The van der Waals surface area contributed by atoms with Gasteiger partial charge < -0.3 is 14.0 Å². The van der Waals surface area contributed by atoms with Crippen molar-refractivity contribution in [3.8, 4) is 17.0 Å². The van der Waals surface area contributed by atoms with Gasteiger partial charge in [0.05, 0.1) is 11.3 Å². The number of benzene rings is 1. The summed E-state index contributed by atoms with van der Waals surface area (Å²) in [5.41, 5.74) is 1.73. The Balaban J connectivity index is 1.36. The standard InChI is InChI=1S/C19H24N2O5S/c1-13-11-18(20-26-13)14-4-6-15(7-5-14)25-12-19-17(3-2-10-24-19)21-27(22,23)16-8-9-16/h4-7,11,16-17,19,21H,2-3,8-10,12H2,1H3/t17-,19+/m0/s1. The molecule has 27 heavy (non-hydrogen) atoms. The van der Waals surface area contributed by atoms with E-state index >= 15 is 0 Å². The first-order chi connectivity index (χ1) is 13.0. The molecule has 1 aliphatic carbocycles. The largest absolute Gasteiger partial charge is 0.491 e. The predicted octanol–water partition coefficient (Wildman–Crippen LogP) is 2.66. The van der Waals surface area contributed by atoms with Crippen LogP contribution in [0, 0.1) is 6.92 Å². The van der Waals surface area contributed by atoms with Crippen LogP contribution < -0.4 is 9.46 Å². The molecule has 0 unspecified atom stereocenters. The molecule has 1 N–H and O–H groups in total. The topological polar surface area (TPSA) is 90.7 Å². The SMILES string of the molecule is Cc1cc(-c2ccc(OC[C@H]3OCCC[C@@H]3NS(=O)(=O)C3CC3)cc2)no1. The highest BCUT2D eigenvalue weighted by atomic mass is 32.2. The van der Waals surface area contributed by atoms with E-state index in [1.54, 1.807) is 0 Å². The van der Waals surface area contributed by atoms with Crippen molar-refractivity contribution in [1.82, 2.24) is 9.88 Å². The minimum atomic E-state index is -3.24. The van der Waals surface area contributed by atoms with E-state index in [1.807, 2.05) is 37.3 Å². The van der Waals surface area contributed by atoms with Crippen LogP contribution in [0.3, 0.4) is 0 Å². The number of sulfonamides is 1. The first-order valence-corrected chi connectivity index (χ1v) is 10.9. The molecule has 146 valence electrons. The molecule has 2 aliphatic rings. The van der Waals surface area contributed by atoms with E-state index in [-0.39, 0.29) is 17.4 Å². The molecule has 1 saturated heterocycles. The molecule has 4 rings (SSSR count). The normalized spacial score (nSPS) is 23.3. The highest BCUT2D eigenvalue weighted by Crippen LogP contribution is 2.29. The first kappa shape index (κ1) is 18.5. The first-order valence-electron chi connectivity index (χ1n) is 9.30. The zero-order chi connectivity index (χ0) is 18.9. The van der Waals surface area contributed by atoms with E-state index < -0.39 is 10.0 Å². The van der Waals surface area contributed by atoms with Gasteiger partial charge in [0, 0.05) is 18.2 Å². The highest BCUT2D eigenvalue weighted by molar-refractivity contribution is 7.90. The Bertz CT molecular complexity index is 874. The summed E-state index contributed by atoms with van der Waals surface area (Å²) in [5.74, 6) is 1.47. The summed E-state index contributed by atoms with van der Waals surface area (Å²) in [4.78, 5) is 0. The summed E-state index contributed by atoms with van der Waals surface area (Å²) in [7, 11) is -3.24. The molecule has 0 spiro atoms. The van der Waals surface area contributed by atoms with Crippen molar-refractivity contribution >= 4 is 10.0 Å². The molecule has 0 radical (unpaired) electrons. The maximum Gasteiger partial charge on any atom is 0.214 e. The Morgan fingerprint density at radius 2 is 2.00 bits per heavy atom. The fourth-order valence-corrected chi connectivity index (χ4v) is 4.87. The van der Waals surface area contributed by atoms with Crippen LogP contribution in [0.4, 0.5) is 0 Å². The average molecular weight is 392 g/mol. The van der Waals surface area contributed by atoms with E-state index in [4.69, 9.17) is 14.0 Å². The molecule has 1 aromatic carbocycles. The minimum absolute atomic E-state index is 0.228.